The van der Waals surface area contributed by atoms with E-state index in [0.717, 1.165) is 55.2 Å². The van der Waals surface area contributed by atoms with E-state index in [1.165, 1.54) is 12.8 Å². The molecule has 5 heteroatoms. The maximum absolute atomic E-state index is 13.0. The standard InChI is InChI=1S/C18H22N4O/c1-12-16(9-19)15-4-7-22(11-14(15)10-20-12)18(23)17-8-13-2-5-21(17)6-3-13/h10,13,17H,2-8,11H2,1H3. The molecule has 23 heavy (non-hydrogen) atoms. The van der Waals surface area contributed by atoms with Gasteiger partial charge in [-0.3, -0.25) is 14.7 Å². The molecular weight excluding hydrogens is 288 g/mol. The number of amides is 1. The molecule has 4 aliphatic rings. The number of aromatic nitrogens is 1. The van der Waals surface area contributed by atoms with Crippen LogP contribution in [0.3, 0.4) is 0 Å². The lowest BCUT2D eigenvalue weighted by atomic mass is 9.82. The van der Waals surface area contributed by atoms with E-state index < -0.39 is 0 Å². The van der Waals surface area contributed by atoms with Crippen molar-refractivity contribution in [2.75, 3.05) is 19.6 Å². The lowest BCUT2D eigenvalue weighted by Crippen LogP contribution is -2.56. The predicted octanol–water partition coefficient (Wildman–Crippen LogP) is 1.63. The van der Waals surface area contributed by atoms with Crippen LogP contribution >= 0.6 is 0 Å². The summed E-state index contributed by atoms with van der Waals surface area (Å²) in [5.41, 5.74) is 3.63. The van der Waals surface area contributed by atoms with Gasteiger partial charge in [-0.25, -0.2) is 0 Å². The first-order valence-electron chi connectivity index (χ1n) is 8.57. The molecule has 4 aliphatic heterocycles. The Hall–Kier alpha value is -1.93. The zero-order valence-electron chi connectivity index (χ0n) is 13.6. The molecule has 1 amide bonds. The summed E-state index contributed by atoms with van der Waals surface area (Å²) in [6.45, 7) is 5.35. The van der Waals surface area contributed by atoms with Gasteiger partial charge < -0.3 is 4.90 Å². The Balaban J connectivity index is 1.54. The first kappa shape index (κ1) is 14.6. The molecule has 5 nitrogen and oxygen atoms in total. The van der Waals surface area contributed by atoms with Crippen LogP contribution < -0.4 is 0 Å². The third-order valence-corrected chi connectivity index (χ3v) is 5.81. The molecule has 1 aromatic rings. The van der Waals surface area contributed by atoms with Crippen molar-refractivity contribution >= 4 is 5.91 Å². The van der Waals surface area contributed by atoms with E-state index in [-0.39, 0.29) is 11.9 Å². The van der Waals surface area contributed by atoms with Crippen molar-refractivity contribution in [3.8, 4) is 6.07 Å². The van der Waals surface area contributed by atoms with Crippen LogP contribution in [0.5, 0.6) is 0 Å². The predicted molar refractivity (Wildman–Crippen MR) is 85.5 cm³/mol. The fourth-order valence-corrected chi connectivity index (χ4v) is 4.42. The van der Waals surface area contributed by atoms with Gasteiger partial charge in [0.15, 0.2) is 0 Å². The quantitative estimate of drug-likeness (QED) is 0.791. The summed E-state index contributed by atoms with van der Waals surface area (Å²) < 4.78 is 0. The average molecular weight is 310 g/mol. The van der Waals surface area contributed by atoms with Gasteiger partial charge in [0.25, 0.3) is 0 Å². The van der Waals surface area contributed by atoms with E-state index in [1.807, 2.05) is 18.0 Å². The molecule has 120 valence electrons. The fourth-order valence-electron chi connectivity index (χ4n) is 4.42. The van der Waals surface area contributed by atoms with Crippen LogP contribution in [0.2, 0.25) is 0 Å². The van der Waals surface area contributed by atoms with Gasteiger partial charge in [0.1, 0.15) is 6.07 Å². The number of fused-ring (bicyclic) bond motifs is 4. The largest absolute Gasteiger partial charge is 0.337 e. The summed E-state index contributed by atoms with van der Waals surface area (Å²) in [6.07, 6.45) is 6.14. The molecule has 3 saturated heterocycles. The molecule has 0 aromatic carbocycles. The second-order valence-electron chi connectivity index (χ2n) is 7.07. The van der Waals surface area contributed by atoms with E-state index in [0.29, 0.717) is 12.1 Å². The summed E-state index contributed by atoms with van der Waals surface area (Å²) in [7, 11) is 0. The molecule has 1 atom stereocenters. The minimum Gasteiger partial charge on any atom is -0.337 e. The monoisotopic (exact) mass is 310 g/mol. The van der Waals surface area contributed by atoms with Crippen LogP contribution in [0.4, 0.5) is 0 Å². The highest BCUT2D eigenvalue weighted by atomic mass is 16.2. The van der Waals surface area contributed by atoms with Gasteiger partial charge in [0.05, 0.1) is 17.3 Å². The molecule has 2 bridgehead atoms. The number of hydrogen-bond donors (Lipinski definition) is 0. The second-order valence-corrected chi connectivity index (χ2v) is 7.07. The molecule has 5 rings (SSSR count). The van der Waals surface area contributed by atoms with Crippen LogP contribution in [0, 0.1) is 24.2 Å². The smallest absolute Gasteiger partial charge is 0.240 e. The van der Waals surface area contributed by atoms with Gasteiger partial charge in [-0.2, -0.15) is 5.26 Å². The minimum atomic E-state index is 0.0814. The molecule has 0 saturated carbocycles. The number of rotatable bonds is 1. The molecule has 5 heterocycles. The average Bonchev–Trinajstić information content (AvgIpc) is 2.61. The van der Waals surface area contributed by atoms with E-state index in [9.17, 15) is 10.1 Å². The van der Waals surface area contributed by atoms with E-state index in [4.69, 9.17) is 0 Å². The molecule has 0 spiro atoms. The van der Waals surface area contributed by atoms with Crippen molar-refractivity contribution in [3.05, 3.63) is 28.6 Å². The van der Waals surface area contributed by atoms with Gasteiger partial charge in [0.2, 0.25) is 5.91 Å². The summed E-state index contributed by atoms with van der Waals surface area (Å²) in [4.78, 5) is 21.7. The molecule has 0 radical (unpaired) electrons. The minimum absolute atomic E-state index is 0.0814. The van der Waals surface area contributed by atoms with Crippen molar-refractivity contribution in [1.29, 1.82) is 5.26 Å². The molecule has 1 aromatic heterocycles. The van der Waals surface area contributed by atoms with Gasteiger partial charge in [0, 0.05) is 19.3 Å². The number of carbonyl (C=O) groups is 1. The summed E-state index contributed by atoms with van der Waals surface area (Å²) >= 11 is 0. The maximum atomic E-state index is 13.0. The second kappa shape index (κ2) is 5.61. The van der Waals surface area contributed by atoms with Crippen LogP contribution in [-0.2, 0) is 17.8 Å². The van der Waals surface area contributed by atoms with Crippen LogP contribution in [0.15, 0.2) is 6.20 Å². The Kier molecular flexibility index (Phi) is 3.57. The van der Waals surface area contributed by atoms with Crippen molar-refractivity contribution in [3.63, 3.8) is 0 Å². The summed E-state index contributed by atoms with van der Waals surface area (Å²) in [5.74, 6) is 1.01. The molecule has 0 N–H and O–H groups in total. The first-order valence-corrected chi connectivity index (χ1v) is 8.57. The van der Waals surface area contributed by atoms with Crippen molar-refractivity contribution in [2.24, 2.45) is 5.92 Å². The number of aryl methyl sites for hydroxylation is 1. The van der Waals surface area contributed by atoms with Crippen molar-refractivity contribution in [1.82, 2.24) is 14.8 Å². The normalized spacial score (nSPS) is 29.0. The van der Waals surface area contributed by atoms with Gasteiger partial charge >= 0.3 is 0 Å². The Morgan fingerprint density at radius 2 is 2.13 bits per heavy atom. The van der Waals surface area contributed by atoms with E-state index >= 15 is 0 Å². The SMILES string of the molecule is Cc1ncc2c(c1C#N)CCN(C(=O)C1CC3CCN1CC3)C2. The highest BCUT2D eigenvalue weighted by Gasteiger charge is 2.40. The van der Waals surface area contributed by atoms with Crippen LogP contribution in [-0.4, -0.2) is 46.4 Å². The highest BCUT2D eigenvalue weighted by molar-refractivity contribution is 5.82. The van der Waals surface area contributed by atoms with Crippen molar-refractivity contribution < 1.29 is 4.79 Å². The molecule has 0 aliphatic carbocycles. The number of hydrogen-bond acceptors (Lipinski definition) is 4. The Morgan fingerprint density at radius 3 is 2.78 bits per heavy atom. The summed E-state index contributed by atoms with van der Waals surface area (Å²) in [6, 6.07) is 2.36. The highest BCUT2D eigenvalue weighted by Crippen LogP contribution is 2.33. The number of nitrogens with zero attached hydrogens (tertiary/aromatic N) is 4. The lowest BCUT2D eigenvalue weighted by molar-refractivity contribution is -0.142. The Morgan fingerprint density at radius 1 is 1.35 bits per heavy atom. The van der Waals surface area contributed by atoms with Crippen LogP contribution in [0.1, 0.15) is 41.6 Å². The first-order chi connectivity index (χ1) is 11.2. The number of piperidine rings is 3. The molecule has 1 unspecified atom stereocenters. The topological polar surface area (TPSA) is 60.2 Å². The Bertz CT molecular complexity index is 685. The lowest BCUT2D eigenvalue weighted by Gasteiger charge is -2.46. The molecule has 3 fully saturated rings. The Labute approximate surface area is 136 Å². The van der Waals surface area contributed by atoms with E-state index in [2.05, 4.69) is 16.0 Å². The van der Waals surface area contributed by atoms with E-state index in [1.54, 1.807) is 0 Å². The number of carbonyl (C=O) groups excluding carboxylic acids is 1. The zero-order chi connectivity index (χ0) is 16.0. The van der Waals surface area contributed by atoms with Crippen LogP contribution in [0.25, 0.3) is 0 Å². The fraction of sp³-hybridized carbons (Fsp3) is 0.611. The third kappa shape index (κ3) is 2.42. The van der Waals surface area contributed by atoms with Gasteiger partial charge in [-0.1, -0.05) is 0 Å². The summed E-state index contributed by atoms with van der Waals surface area (Å²) in [5, 5.41) is 9.35. The van der Waals surface area contributed by atoms with Gasteiger partial charge in [-0.05, 0) is 62.7 Å². The number of nitriles is 1. The van der Waals surface area contributed by atoms with Gasteiger partial charge in [-0.15, -0.1) is 0 Å². The van der Waals surface area contributed by atoms with Crippen molar-refractivity contribution in [2.45, 2.75) is 45.2 Å². The number of pyridine rings is 1. The zero-order valence-corrected chi connectivity index (χ0v) is 13.6. The molecular formula is C18H22N4O. The maximum Gasteiger partial charge on any atom is 0.240 e. The third-order valence-electron chi connectivity index (χ3n) is 5.81.